The summed E-state index contributed by atoms with van der Waals surface area (Å²) in [7, 11) is 0. The van der Waals surface area contributed by atoms with Gasteiger partial charge in [0, 0.05) is 30.8 Å². The van der Waals surface area contributed by atoms with Crippen LogP contribution in [0.25, 0.3) is 0 Å². The summed E-state index contributed by atoms with van der Waals surface area (Å²) >= 11 is 0. The zero-order valence-corrected chi connectivity index (χ0v) is 16.5. The minimum atomic E-state index is -4.41. The molecule has 0 bridgehead atoms. The Hall–Kier alpha value is -2.74. The number of likely N-dealkylation sites (tertiary alicyclic amines) is 1. The third kappa shape index (κ3) is 5.66. The van der Waals surface area contributed by atoms with Crippen molar-refractivity contribution >= 4 is 11.7 Å². The Morgan fingerprint density at radius 3 is 2.27 bits per heavy atom. The van der Waals surface area contributed by atoms with E-state index in [4.69, 9.17) is 4.74 Å². The number of urea groups is 1. The maximum atomic E-state index is 12.6. The molecule has 2 aromatic rings. The number of carbonyl (C=O) groups excluding carboxylic acids is 1. The number of ether oxygens (including phenoxy) is 1. The molecule has 2 amide bonds. The number of para-hydroxylation sites is 1. The number of carbonyl (C=O) groups is 1. The third-order valence-corrected chi connectivity index (χ3v) is 5.55. The number of hydrogen-bond acceptors (Lipinski definition) is 3. The molecule has 3 rings (SSSR count). The van der Waals surface area contributed by atoms with Gasteiger partial charge in [-0.3, -0.25) is 0 Å². The number of nitrogens with zero attached hydrogens (tertiary/aromatic N) is 1. The van der Waals surface area contributed by atoms with Crippen LogP contribution in [0.4, 0.5) is 23.7 Å². The lowest BCUT2D eigenvalue weighted by atomic mass is 9.76. The molecular weight excluding hydrogens is 397 g/mol. The smallest absolute Gasteiger partial charge is 0.416 e. The number of nitrogens with one attached hydrogen (secondary N) is 1. The van der Waals surface area contributed by atoms with Gasteiger partial charge in [0.2, 0.25) is 0 Å². The van der Waals surface area contributed by atoms with Crippen LogP contribution in [0, 0.1) is 5.41 Å². The molecule has 0 saturated carbocycles. The first-order valence-electron chi connectivity index (χ1n) is 9.83. The molecule has 30 heavy (non-hydrogen) atoms. The van der Waals surface area contributed by atoms with E-state index in [-0.39, 0.29) is 18.1 Å². The van der Waals surface area contributed by atoms with Gasteiger partial charge in [-0.25, -0.2) is 4.79 Å². The number of amides is 2. The highest BCUT2D eigenvalue weighted by molar-refractivity contribution is 5.89. The first-order chi connectivity index (χ1) is 14.3. The van der Waals surface area contributed by atoms with E-state index in [0.29, 0.717) is 44.6 Å². The van der Waals surface area contributed by atoms with Crippen LogP contribution in [-0.4, -0.2) is 42.3 Å². The molecule has 2 aromatic carbocycles. The molecule has 1 saturated heterocycles. The van der Waals surface area contributed by atoms with Crippen molar-refractivity contribution in [2.75, 3.05) is 31.6 Å². The fourth-order valence-electron chi connectivity index (χ4n) is 3.52. The summed E-state index contributed by atoms with van der Waals surface area (Å²) in [4.78, 5) is 14.1. The van der Waals surface area contributed by atoms with E-state index in [1.807, 2.05) is 30.3 Å². The van der Waals surface area contributed by atoms with E-state index in [0.717, 1.165) is 17.9 Å². The number of benzene rings is 2. The van der Waals surface area contributed by atoms with E-state index >= 15 is 0 Å². The van der Waals surface area contributed by atoms with Crippen LogP contribution < -0.4 is 10.1 Å². The van der Waals surface area contributed by atoms with Crippen LogP contribution >= 0.6 is 0 Å². The average molecular weight is 422 g/mol. The molecule has 0 aliphatic carbocycles. The Balaban J connectivity index is 1.48. The molecule has 0 unspecified atom stereocenters. The minimum absolute atomic E-state index is 0.0134. The number of aliphatic hydroxyl groups is 1. The molecule has 0 atom stereocenters. The van der Waals surface area contributed by atoms with Crippen molar-refractivity contribution in [1.29, 1.82) is 0 Å². The number of halogens is 3. The monoisotopic (exact) mass is 422 g/mol. The van der Waals surface area contributed by atoms with Crippen LogP contribution in [0.3, 0.4) is 0 Å². The van der Waals surface area contributed by atoms with Crippen LogP contribution in [0.15, 0.2) is 54.6 Å². The summed E-state index contributed by atoms with van der Waals surface area (Å²) in [6.07, 6.45) is -2.48. The first kappa shape index (κ1) is 22.0. The van der Waals surface area contributed by atoms with Crippen molar-refractivity contribution in [3.8, 4) is 5.75 Å². The summed E-state index contributed by atoms with van der Waals surface area (Å²) in [6.45, 7) is 1.40. The average Bonchev–Trinajstić information content (AvgIpc) is 2.74. The fraction of sp³-hybridized carbons (Fsp3) is 0.409. The number of anilines is 1. The number of aliphatic hydroxyl groups excluding tert-OH is 1. The zero-order chi connectivity index (χ0) is 21.6. The SMILES string of the molecule is O=C(Nc1ccc(C(F)(F)F)cc1)N1CCC(CO)(CCOc2ccccc2)CC1. The van der Waals surface area contributed by atoms with Gasteiger partial charge in [-0.2, -0.15) is 13.2 Å². The van der Waals surface area contributed by atoms with Gasteiger partial charge >= 0.3 is 12.2 Å². The van der Waals surface area contributed by atoms with Crippen LogP contribution in [-0.2, 0) is 6.18 Å². The van der Waals surface area contributed by atoms with Gasteiger partial charge in [0.05, 0.1) is 12.2 Å². The summed E-state index contributed by atoms with van der Waals surface area (Å²) in [5.74, 6) is 0.777. The van der Waals surface area contributed by atoms with E-state index in [2.05, 4.69) is 5.32 Å². The van der Waals surface area contributed by atoms with E-state index < -0.39 is 11.7 Å². The molecule has 162 valence electrons. The van der Waals surface area contributed by atoms with Crippen molar-refractivity contribution < 1.29 is 27.8 Å². The van der Waals surface area contributed by atoms with Gasteiger partial charge in [-0.1, -0.05) is 18.2 Å². The Bertz CT molecular complexity index is 818. The second-order valence-electron chi connectivity index (χ2n) is 7.56. The number of piperidine rings is 1. The lowest BCUT2D eigenvalue weighted by Crippen LogP contribution is -2.46. The number of rotatable bonds is 6. The molecular formula is C22H25F3N2O3. The maximum absolute atomic E-state index is 12.6. The highest BCUT2D eigenvalue weighted by Gasteiger charge is 2.35. The van der Waals surface area contributed by atoms with Gasteiger partial charge in [0.1, 0.15) is 5.75 Å². The van der Waals surface area contributed by atoms with Crippen molar-refractivity contribution in [1.82, 2.24) is 4.90 Å². The predicted molar refractivity (Wildman–Crippen MR) is 107 cm³/mol. The topological polar surface area (TPSA) is 61.8 Å². The molecule has 0 aromatic heterocycles. The molecule has 2 N–H and O–H groups in total. The third-order valence-electron chi connectivity index (χ3n) is 5.55. The molecule has 0 radical (unpaired) electrons. The summed E-state index contributed by atoms with van der Waals surface area (Å²) in [5.41, 5.74) is -0.757. The molecule has 1 fully saturated rings. The Kier molecular flexibility index (Phi) is 6.87. The molecule has 1 aliphatic heterocycles. The normalized spacial score (nSPS) is 16.2. The summed E-state index contributed by atoms with van der Waals surface area (Å²) < 4.78 is 43.7. The fourth-order valence-corrected chi connectivity index (χ4v) is 3.52. The number of alkyl halides is 3. The molecule has 1 aliphatic rings. The first-order valence-corrected chi connectivity index (χ1v) is 9.83. The minimum Gasteiger partial charge on any atom is -0.494 e. The van der Waals surface area contributed by atoms with Gasteiger partial charge in [-0.05, 0) is 55.7 Å². The van der Waals surface area contributed by atoms with Crippen LogP contribution in [0.1, 0.15) is 24.8 Å². The summed E-state index contributed by atoms with van der Waals surface area (Å²) in [5, 5.41) is 12.6. The van der Waals surface area contributed by atoms with Crippen molar-refractivity contribution in [3.05, 3.63) is 60.2 Å². The Morgan fingerprint density at radius 2 is 1.70 bits per heavy atom. The van der Waals surface area contributed by atoms with Gasteiger partial charge < -0.3 is 20.1 Å². The van der Waals surface area contributed by atoms with Gasteiger partial charge in [0.15, 0.2) is 0 Å². The second kappa shape index (κ2) is 9.38. The van der Waals surface area contributed by atoms with Crippen LogP contribution in [0.2, 0.25) is 0 Å². The molecule has 1 heterocycles. The molecule has 8 heteroatoms. The lowest BCUT2D eigenvalue weighted by molar-refractivity contribution is -0.137. The Morgan fingerprint density at radius 1 is 1.07 bits per heavy atom. The zero-order valence-electron chi connectivity index (χ0n) is 16.5. The predicted octanol–water partition coefficient (Wildman–Crippen LogP) is 4.78. The highest BCUT2D eigenvalue weighted by atomic mass is 19.4. The highest BCUT2D eigenvalue weighted by Crippen LogP contribution is 2.35. The maximum Gasteiger partial charge on any atom is 0.416 e. The van der Waals surface area contributed by atoms with E-state index in [1.165, 1.54) is 12.1 Å². The van der Waals surface area contributed by atoms with E-state index in [1.54, 1.807) is 4.90 Å². The quantitative estimate of drug-likeness (QED) is 0.704. The van der Waals surface area contributed by atoms with Crippen molar-refractivity contribution in [3.63, 3.8) is 0 Å². The van der Waals surface area contributed by atoms with Gasteiger partial charge in [0.25, 0.3) is 0 Å². The largest absolute Gasteiger partial charge is 0.494 e. The Labute approximate surface area is 173 Å². The van der Waals surface area contributed by atoms with Crippen molar-refractivity contribution in [2.45, 2.75) is 25.4 Å². The van der Waals surface area contributed by atoms with Gasteiger partial charge in [-0.15, -0.1) is 0 Å². The summed E-state index contributed by atoms with van der Waals surface area (Å²) in [6, 6.07) is 13.4. The van der Waals surface area contributed by atoms with E-state index in [9.17, 15) is 23.1 Å². The second-order valence-corrected chi connectivity index (χ2v) is 7.56. The van der Waals surface area contributed by atoms with Crippen LogP contribution in [0.5, 0.6) is 5.75 Å². The molecule has 5 nitrogen and oxygen atoms in total. The molecule has 0 spiro atoms. The lowest BCUT2D eigenvalue weighted by Gasteiger charge is -2.40. The van der Waals surface area contributed by atoms with Crippen molar-refractivity contribution in [2.24, 2.45) is 5.41 Å². The standard InChI is InChI=1S/C22H25F3N2O3/c23-22(24,25)17-6-8-18(9-7-17)26-20(29)27-13-10-21(16-28,11-14-27)12-15-30-19-4-2-1-3-5-19/h1-9,28H,10-16H2,(H,26,29). The number of hydrogen-bond donors (Lipinski definition) is 2.